The Morgan fingerprint density at radius 1 is 1.40 bits per heavy atom. The van der Waals surface area contributed by atoms with E-state index in [-0.39, 0.29) is 6.61 Å². The van der Waals surface area contributed by atoms with Gasteiger partial charge in [0, 0.05) is 13.7 Å². The van der Waals surface area contributed by atoms with Crippen LogP contribution in [0.15, 0.2) is 18.2 Å². The number of aliphatic hydroxyl groups is 1. The van der Waals surface area contributed by atoms with E-state index in [1.807, 2.05) is 14.0 Å². The van der Waals surface area contributed by atoms with E-state index in [4.69, 9.17) is 5.11 Å². The lowest BCUT2D eigenvalue weighted by Crippen LogP contribution is -1.92. The molecule has 0 aliphatic rings. The molecule has 0 amide bonds. The van der Waals surface area contributed by atoms with Gasteiger partial charge in [-0.05, 0) is 37.5 Å². The first kappa shape index (κ1) is 10.2. The maximum atomic E-state index is 8.78. The van der Waals surface area contributed by atoms with E-state index < -0.39 is 0 Å². The first-order chi connectivity index (χ1) is 7.22. The Bertz CT molecular complexity index is 474. The zero-order valence-electron chi connectivity index (χ0n) is 9.20. The van der Waals surface area contributed by atoms with Crippen molar-refractivity contribution in [1.82, 2.24) is 9.55 Å². The molecule has 0 saturated heterocycles. The number of nitrogens with zero attached hydrogens (tertiary/aromatic N) is 2. The number of fused-ring (bicyclic) bond motifs is 1. The quantitative estimate of drug-likeness (QED) is 0.828. The van der Waals surface area contributed by atoms with E-state index >= 15 is 0 Å². The zero-order valence-corrected chi connectivity index (χ0v) is 9.20. The molecule has 2 rings (SSSR count). The summed E-state index contributed by atoms with van der Waals surface area (Å²) in [6.07, 6.45) is 1.75. The Morgan fingerprint density at radius 2 is 2.20 bits per heavy atom. The van der Waals surface area contributed by atoms with Crippen LogP contribution in [-0.2, 0) is 13.5 Å². The second-order valence-electron chi connectivity index (χ2n) is 3.87. The minimum atomic E-state index is 0.252. The highest BCUT2D eigenvalue weighted by molar-refractivity contribution is 5.76. The smallest absolute Gasteiger partial charge is 0.106 e. The van der Waals surface area contributed by atoms with Gasteiger partial charge in [-0.1, -0.05) is 6.07 Å². The maximum Gasteiger partial charge on any atom is 0.106 e. The van der Waals surface area contributed by atoms with Crippen molar-refractivity contribution in [1.29, 1.82) is 0 Å². The van der Waals surface area contributed by atoms with Gasteiger partial charge in [-0.3, -0.25) is 0 Å². The fourth-order valence-corrected chi connectivity index (χ4v) is 1.79. The molecule has 0 saturated carbocycles. The number of aromatic nitrogens is 2. The molecule has 2 aromatic rings. The van der Waals surface area contributed by atoms with Crippen LogP contribution in [0.1, 0.15) is 17.8 Å². The van der Waals surface area contributed by atoms with Gasteiger partial charge in [0.1, 0.15) is 5.82 Å². The molecule has 0 radical (unpaired) electrons. The Hall–Kier alpha value is -1.35. The van der Waals surface area contributed by atoms with Crippen molar-refractivity contribution in [2.75, 3.05) is 6.61 Å². The first-order valence-corrected chi connectivity index (χ1v) is 5.25. The van der Waals surface area contributed by atoms with Gasteiger partial charge in [0.05, 0.1) is 11.0 Å². The lowest BCUT2D eigenvalue weighted by Gasteiger charge is -2.01. The molecular formula is C12H16N2O. The van der Waals surface area contributed by atoms with Crippen LogP contribution in [-0.4, -0.2) is 21.3 Å². The number of rotatable bonds is 3. The molecule has 0 atom stereocenters. The largest absolute Gasteiger partial charge is 0.396 e. The lowest BCUT2D eigenvalue weighted by molar-refractivity contribution is 0.288. The summed E-state index contributed by atoms with van der Waals surface area (Å²) >= 11 is 0. The Labute approximate surface area is 89.4 Å². The molecule has 3 heteroatoms. The number of benzene rings is 1. The van der Waals surface area contributed by atoms with Gasteiger partial charge < -0.3 is 9.67 Å². The molecule has 0 aliphatic carbocycles. The second-order valence-corrected chi connectivity index (χ2v) is 3.87. The van der Waals surface area contributed by atoms with Crippen LogP contribution in [0, 0.1) is 6.92 Å². The number of imidazole rings is 1. The van der Waals surface area contributed by atoms with E-state index in [0.717, 1.165) is 24.2 Å². The fourth-order valence-electron chi connectivity index (χ4n) is 1.79. The minimum absolute atomic E-state index is 0.252. The highest BCUT2D eigenvalue weighted by Crippen LogP contribution is 2.17. The number of hydrogen-bond acceptors (Lipinski definition) is 2. The average Bonchev–Trinajstić information content (AvgIpc) is 2.52. The van der Waals surface area contributed by atoms with Crippen molar-refractivity contribution < 1.29 is 5.11 Å². The Balaban J connectivity index is 2.41. The predicted octanol–water partition coefficient (Wildman–Crippen LogP) is 1.81. The van der Waals surface area contributed by atoms with E-state index in [2.05, 4.69) is 27.8 Å². The molecule has 3 nitrogen and oxygen atoms in total. The number of hydrogen-bond donors (Lipinski definition) is 1. The van der Waals surface area contributed by atoms with Gasteiger partial charge >= 0.3 is 0 Å². The highest BCUT2D eigenvalue weighted by Gasteiger charge is 2.04. The summed E-state index contributed by atoms with van der Waals surface area (Å²) < 4.78 is 2.10. The predicted molar refractivity (Wildman–Crippen MR) is 60.9 cm³/mol. The van der Waals surface area contributed by atoms with E-state index in [1.54, 1.807) is 0 Å². The van der Waals surface area contributed by atoms with Crippen molar-refractivity contribution in [3.63, 3.8) is 0 Å². The van der Waals surface area contributed by atoms with Gasteiger partial charge in [0.25, 0.3) is 0 Å². The lowest BCUT2D eigenvalue weighted by atomic mass is 10.1. The molecule has 0 spiro atoms. The van der Waals surface area contributed by atoms with Crippen molar-refractivity contribution in [2.45, 2.75) is 19.8 Å². The molecular weight excluding hydrogens is 188 g/mol. The zero-order chi connectivity index (χ0) is 10.8. The SMILES string of the molecule is Cc1nc2ccc(CCCO)cc2n1C. The Morgan fingerprint density at radius 3 is 2.93 bits per heavy atom. The summed E-state index contributed by atoms with van der Waals surface area (Å²) in [5, 5.41) is 8.78. The normalized spacial score (nSPS) is 11.1. The van der Waals surface area contributed by atoms with Crippen LogP contribution in [0.3, 0.4) is 0 Å². The standard InChI is InChI=1S/C12H16N2O/c1-9-13-11-6-5-10(4-3-7-15)8-12(11)14(9)2/h5-6,8,15H,3-4,7H2,1-2H3. The van der Waals surface area contributed by atoms with E-state index in [1.165, 1.54) is 11.1 Å². The van der Waals surface area contributed by atoms with Crippen molar-refractivity contribution in [3.8, 4) is 0 Å². The van der Waals surface area contributed by atoms with Gasteiger partial charge in [-0.25, -0.2) is 4.98 Å². The average molecular weight is 204 g/mol. The van der Waals surface area contributed by atoms with Crippen LogP contribution in [0.5, 0.6) is 0 Å². The molecule has 1 heterocycles. The van der Waals surface area contributed by atoms with Crippen LogP contribution >= 0.6 is 0 Å². The summed E-state index contributed by atoms with van der Waals surface area (Å²) in [6, 6.07) is 6.30. The van der Waals surface area contributed by atoms with Crippen LogP contribution in [0.25, 0.3) is 11.0 Å². The summed E-state index contributed by atoms with van der Waals surface area (Å²) in [5.41, 5.74) is 3.48. The number of aliphatic hydroxyl groups excluding tert-OH is 1. The molecule has 1 aromatic carbocycles. The molecule has 0 fully saturated rings. The van der Waals surface area contributed by atoms with E-state index in [0.29, 0.717) is 0 Å². The molecule has 0 bridgehead atoms. The van der Waals surface area contributed by atoms with Gasteiger partial charge in [0.15, 0.2) is 0 Å². The van der Waals surface area contributed by atoms with Crippen LogP contribution in [0.4, 0.5) is 0 Å². The first-order valence-electron chi connectivity index (χ1n) is 5.25. The summed E-state index contributed by atoms with van der Waals surface area (Å²) in [4.78, 5) is 4.45. The molecule has 0 unspecified atom stereocenters. The van der Waals surface area contributed by atoms with Gasteiger partial charge in [-0.15, -0.1) is 0 Å². The molecule has 0 aliphatic heterocycles. The van der Waals surface area contributed by atoms with Crippen molar-refractivity contribution in [2.24, 2.45) is 7.05 Å². The molecule has 80 valence electrons. The third kappa shape index (κ3) is 1.88. The summed E-state index contributed by atoms with van der Waals surface area (Å²) in [6.45, 7) is 2.26. The van der Waals surface area contributed by atoms with Crippen molar-refractivity contribution in [3.05, 3.63) is 29.6 Å². The third-order valence-corrected chi connectivity index (χ3v) is 2.79. The van der Waals surface area contributed by atoms with Gasteiger partial charge in [-0.2, -0.15) is 0 Å². The minimum Gasteiger partial charge on any atom is -0.396 e. The maximum absolute atomic E-state index is 8.78. The Kier molecular flexibility index (Phi) is 2.73. The topological polar surface area (TPSA) is 38.1 Å². The van der Waals surface area contributed by atoms with Gasteiger partial charge in [0.2, 0.25) is 0 Å². The monoisotopic (exact) mass is 204 g/mol. The number of aryl methyl sites for hydroxylation is 3. The van der Waals surface area contributed by atoms with E-state index in [9.17, 15) is 0 Å². The van der Waals surface area contributed by atoms with Crippen molar-refractivity contribution >= 4 is 11.0 Å². The molecule has 1 N–H and O–H groups in total. The highest BCUT2D eigenvalue weighted by atomic mass is 16.2. The molecule has 1 aromatic heterocycles. The summed E-state index contributed by atoms with van der Waals surface area (Å²) in [7, 11) is 2.03. The summed E-state index contributed by atoms with van der Waals surface area (Å²) in [5.74, 6) is 1.03. The third-order valence-electron chi connectivity index (χ3n) is 2.79. The van der Waals surface area contributed by atoms with Crippen LogP contribution < -0.4 is 0 Å². The fraction of sp³-hybridized carbons (Fsp3) is 0.417. The van der Waals surface area contributed by atoms with Crippen LogP contribution in [0.2, 0.25) is 0 Å². The second kappa shape index (κ2) is 4.03. The molecule has 15 heavy (non-hydrogen) atoms.